The molecule has 3 fully saturated rings. The second-order valence-corrected chi connectivity index (χ2v) is 6.97. The van der Waals surface area contributed by atoms with Crippen molar-refractivity contribution in [2.24, 2.45) is 11.3 Å². The minimum Gasteiger partial charge on any atom is -0.310 e. The molecule has 0 aliphatic carbocycles. The number of hydrogen-bond acceptors (Lipinski definition) is 3. The summed E-state index contributed by atoms with van der Waals surface area (Å²) in [7, 11) is -2.26. The van der Waals surface area contributed by atoms with Gasteiger partial charge in [-0.3, -0.25) is 0 Å². The van der Waals surface area contributed by atoms with Crippen LogP contribution < -0.4 is 0 Å². The van der Waals surface area contributed by atoms with Crippen LogP contribution in [-0.2, 0) is 13.6 Å². The second kappa shape index (κ2) is 4.68. The van der Waals surface area contributed by atoms with Gasteiger partial charge in [-0.1, -0.05) is 38.7 Å². The molecule has 0 aromatic rings. The summed E-state index contributed by atoms with van der Waals surface area (Å²) >= 11 is 0. The fourth-order valence-electron chi connectivity index (χ4n) is 2.26. The van der Waals surface area contributed by atoms with E-state index in [1.165, 1.54) is 19.3 Å². The summed E-state index contributed by atoms with van der Waals surface area (Å²) in [6.45, 7) is 10.4. The zero-order valence-corrected chi connectivity index (χ0v) is 11.1. The number of fused-ring (bicyclic) bond motifs is 3. The van der Waals surface area contributed by atoms with Gasteiger partial charge in [-0.05, 0) is 12.3 Å². The molecule has 3 saturated heterocycles. The van der Waals surface area contributed by atoms with Gasteiger partial charge in [-0.25, -0.2) is 0 Å². The Balaban J connectivity index is 2.04. The Labute approximate surface area is 98.0 Å². The molecule has 3 heterocycles. The zero-order chi connectivity index (χ0) is 11.6. The van der Waals surface area contributed by atoms with Gasteiger partial charge in [0.1, 0.15) is 0 Å². The van der Waals surface area contributed by atoms with Gasteiger partial charge in [0, 0.05) is 5.41 Å². The van der Waals surface area contributed by atoms with E-state index < -0.39 is 7.57 Å². The molecule has 2 bridgehead atoms. The maximum Gasteiger partial charge on any atom is 0.303 e. The zero-order valence-electron chi connectivity index (χ0n) is 10.2. The molecule has 0 N–H and O–H groups in total. The number of hydrogen-bond donors (Lipinski definition) is 0. The highest BCUT2D eigenvalue weighted by atomic mass is 31.2. The second-order valence-electron chi connectivity index (χ2n) is 4.88. The normalized spacial score (nSPS) is 39.4. The van der Waals surface area contributed by atoms with Crippen molar-refractivity contribution in [2.75, 3.05) is 19.8 Å². The van der Waals surface area contributed by atoms with Gasteiger partial charge in [0.2, 0.25) is 0 Å². The van der Waals surface area contributed by atoms with Crippen LogP contribution in [0.2, 0.25) is 0 Å². The summed E-state index contributed by atoms with van der Waals surface area (Å²) in [5.74, 6) is 0.583. The van der Waals surface area contributed by atoms with Gasteiger partial charge < -0.3 is 13.6 Å². The number of unbranched alkanes of at least 4 members (excludes halogenated alkanes) is 1. The average Bonchev–Trinajstić information content (AvgIpc) is 2.38. The summed E-state index contributed by atoms with van der Waals surface area (Å²) < 4.78 is 17.1. The molecule has 3 aliphatic heterocycles. The maximum atomic E-state index is 5.71. The Hall–Kier alpha value is -0.0400. The lowest BCUT2D eigenvalue weighted by atomic mass is 9.76. The molecule has 0 aromatic carbocycles. The summed E-state index contributed by atoms with van der Waals surface area (Å²) in [4.78, 5) is 0. The summed E-state index contributed by atoms with van der Waals surface area (Å²) in [6.07, 6.45) is 3.72. The monoisotopic (exact) mass is 244 g/mol. The molecule has 92 valence electrons. The standard InChI is InChI=1S/C12H21O3P/c1-4-6-7-11(3)12-8-13-16(5-2,14-9-12)15-10-12/h11H,2,4,6-10H2,1,3H3. The molecular formula is C12H21O3P. The topological polar surface area (TPSA) is 27.7 Å². The predicted molar refractivity (Wildman–Crippen MR) is 66.5 cm³/mol. The van der Waals surface area contributed by atoms with Crippen molar-refractivity contribution in [3.8, 4) is 0 Å². The van der Waals surface area contributed by atoms with Crippen LogP contribution >= 0.6 is 7.57 Å². The van der Waals surface area contributed by atoms with Crippen LogP contribution in [0.1, 0.15) is 33.1 Å². The van der Waals surface area contributed by atoms with Crippen molar-refractivity contribution in [3.05, 3.63) is 6.58 Å². The van der Waals surface area contributed by atoms with Gasteiger partial charge in [-0.2, -0.15) is 0 Å². The molecule has 3 nitrogen and oxygen atoms in total. The molecule has 0 radical (unpaired) electrons. The molecule has 0 aromatic heterocycles. The molecule has 3 rings (SSSR count). The molecule has 0 amide bonds. The van der Waals surface area contributed by atoms with Crippen LogP contribution in [0.25, 0.3) is 0 Å². The highest BCUT2D eigenvalue weighted by molar-refractivity contribution is 7.60. The summed E-state index contributed by atoms with van der Waals surface area (Å²) in [6, 6.07) is 0. The maximum absolute atomic E-state index is 5.71. The smallest absolute Gasteiger partial charge is 0.303 e. The van der Waals surface area contributed by atoms with Crippen molar-refractivity contribution in [1.82, 2.24) is 0 Å². The van der Waals surface area contributed by atoms with E-state index in [-0.39, 0.29) is 5.41 Å². The summed E-state index contributed by atoms with van der Waals surface area (Å²) in [5, 5.41) is 0. The van der Waals surface area contributed by atoms with E-state index in [1.807, 2.05) is 0 Å². The lowest BCUT2D eigenvalue weighted by Crippen LogP contribution is -2.49. The minimum absolute atomic E-state index is 0.0633. The van der Waals surface area contributed by atoms with E-state index in [0.29, 0.717) is 5.92 Å². The van der Waals surface area contributed by atoms with Gasteiger partial charge in [0.05, 0.1) is 19.8 Å². The molecule has 3 aliphatic rings. The van der Waals surface area contributed by atoms with Crippen LogP contribution in [0, 0.1) is 11.3 Å². The fraction of sp³-hybridized carbons (Fsp3) is 0.833. The third-order valence-electron chi connectivity index (χ3n) is 3.80. The Kier molecular flexibility index (Phi) is 3.63. The van der Waals surface area contributed by atoms with Crippen LogP contribution in [-0.4, -0.2) is 25.3 Å². The Morgan fingerprint density at radius 1 is 1.31 bits per heavy atom. The van der Waals surface area contributed by atoms with E-state index >= 15 is 0 Å². The van der Waals surface area contributed by atoms with Crippen molar-refractivity contribution >= 4 is 13.0 Å². The van der Waals surface area contributed by atoms with Crippen LogP contribution in [0.3, 0.4) is 0 Å². The van der Waals surface area contributed by atoms with Gasteiger partial charge in [0.25, 0.3) is 0 Å². The third kappa shape index (κ3) is 2.03. The Morgan fingerprint density at radius 2 is 1.88 bits per heavy atom. The SMILES string of the molecule is C=C=P12OCC(C(C)CCCC)(CO1)CO2. The predicted octanol–water partition coefficient (Wildman–Crippen LogP) is 3.23. The lowest BCUT2D eigenvalue weighted by Gasteiger charge is -2.50. The molecular weight excluding hydrogens is 223 g/mol. The van der Waals surface area contributed by atoms with E-state index in [9.17, 15) is 0 Å². The van der Waals surface area contributed by atoms with Crippen LogP contribution in [0.4, 0.5) is 0 Å². The van der Waals surface area contributed by atoms with E-state index in [1.54, 1.807) is 0 Å². The molecule has 16 heavy (non-hydrogen) atoms. The van der Waals surface area contributed by atoms with E-state index in [0.717, 1.165) is 19.8 Å². The van der Waals surface area contributed by atoms with Gasteiger partial charge in [0.15, 0.2) is 0 Å². The Morgan fingerprint density at radius 3 is 2.31 bits per heavy atom. The van der Waals surface area contributed by atoms with Gasteiger partial charge >= 0.3 is 7.57 Å². The summed E-state index contributed by atoms with van der Waals surface area (Å²) in [5.41, 5.74) is 2.86. The average molecular weight is 244 g/mol. The fourth-order valence-corrected chi connectivity index (χ4v) is 4.04. The first kappa shape index (κ1) is 12.4. The number of rotatable bonds is 4. The van der Waals surface area contributed by atoms with Crippen LogP contribution in [0.5, 0.6) is 0 Å². The van der Waals surface area contributed by atoms with Crippen molar-refractivity contribution in [3.63, 3.8) is 0 Å². The van der Waals surface area contributed by atoms with E-state index in [2.05, 4.69) is 25.9 Å². The van der Waals surface area contributed by atoms with Crippen molar-refractivity contribution in [2.45, 2.75) is 33.1 Å². The molecule has 1 unspecified atom stereocenters. The highest BCUT2D eigenvalue weighted by Crippen LogP contribution is 2.62. The Bertz CT molecular complexity index is 302. The quantitative estimate of drug-likeness (QED) is 0.711. The highest BCUT2D eigenvalue weighted by Gasteiger charge is 2.50. The molecule has 0 spiro atoms. The first-order chi connectivity index (χ1) is 7.66. The van der Waals surface area contributed by atoms with Gasteiger partial charge in [-0.15, -0.1) is 0 Å². The van der Waals surface area contributed by atoms with Crippen LogP contribution in [0.15, 0.2) is 6.58 Å². The lowest BCUT2D eigenvalue weighted by molar-refractivity contribution is -0.105. The molecule has 4 heteroatoms. The molecule has 1 atom stereocenters. The minimum atomic E-state index is -2.26. The van der Waals surface area contributed by atoms with Crippen molar-refractivity contribution < 1.29 is 13.6 Å². The van der Waals surface area contributed by atoms with Crippen molar-refractivity contribution in [1.29, 1.82) is 0 Å². The first-order valence-electron chi connectivity index (χ1n) is 6.03. The molecule has 0 saturated carbocycles. The largest absolute Gasteiger partial charge is 0.310 e. The van der Waals surface area contributed by atoms with E-state index in [4.69, 9.17) is 13.6 Å². The first-order valence-corrected chi connectivity index (χ1v) is 7.58. The third-order valence-corrected chi connectivity index (χ3v) is 5.59.